The Labute approximate surface area is 137 Å². The fraction of sp³-hybridized carbons (Fsp3) is 0.125. The Morgan fingerprint density at radius 2 is 1.59 bits per heavy atom. The van der Waals surface area contributed by atoms with Crippen molar-refractivity contribution < 1.29 is 19.1 Å². The lowest BCUT2D eigenvalue weighted by Crippen LogP contribution is -2.09. The van der Waals surface area contributed by atoms with Crippen LogP contribution in [0.4, 0.5) is 0 Å². The first kappa shape index (κ1) is 16.3. The lowest BCUT2D eigenvalue weighted by atomic mass is 10.1. The average Bonchev–Trinajstić information content (AvgIpc) is 2.50. The molecule has 4 nitrogen and oxygen atoms in total. The Balaban J connectivity index is 2.27. The molecule has 0 aromatic heterocycles. The number of rotatable bonds is 4. The van der Waals surface area contributed by atoms with Crippen LogP contribution in [-0.4, -0.2) is 18.9 Å². The highest BCUT2D eigenvalue weighted by Crippen LogP contribution is 2.30. The number of hydrogen-bond acceptors (Lipinski definition) is 4. The van der Waals surface area contributed by atoms with E-state index in [1.165, 1.54) is 44.4 Å². The maximum atomic E-state index is 12.1. The van der Waals surface area contributed by atoms with Gasteiger partial charge in [0.2, 0.25) is 0 Å². The molecule has 0 saturated heterocycles. The fourth-order valence-electron chi connectivity index (χ4n) is 1.75. The van der Waals surface area contributed by atoms with Crippen molar-refractivity contribution in [2.24, 2.45) is 0 Å². The molecule has 2 aromatic carbocycles. The van der Waals surface area contributed by atoms with Crippen molar-refractivity contribution in [3.8, 4) is 11.5 Å². The first-order valence-electron chi connectivity index (χ1n) is 6.28. The second-order valence-corrected chi connectivity index (χ2v) is 5.25. The van der Waals surface area contributed by atoms with Crippen molar-refractivity contribution in [3.05, 3.63) is 57.6 Å². The zero-order valence-corrected chi connectivity index (χ0v) is 13.4. The molecule has 0 spiro atoms. The molecule has 0 aliphatic carbocycles. The van der Waals surface area contributed by atoms with Crippen molar-refractivity contribution >= 4 is 35.0 Å². The van der Waals surface area contributed by atoms with Gasteiger partial charge in [0.25, 0.3) is 0 Å². The van der Waals surface area contributed by atoms with Gasteiger partial charge >= 0.3 is 5.97 Å². The van der Waals surface area contributed by atoms with Crippen molar-refractivity contribution in [1.82, 2.24) is 0 Å². The van der Waals surface area contributed by atoms with Crippen LogP contribution in [0, 0.1) is 0 Å². The fourth-order valence-corrected chi connectivity index (χ4v) is 2.05. The quantitative estimate of drug-likeness (QED) is 0.470. The number of ketones is 1. The molecule has 0 atom stereocenters. The summed E-state index contributed by atoms with van der Waals surface area (Å²) in [5.74, 6) is -0.210. The van der Waals surface area contributed by atoms with E-state index in [2.05, 4.69) is 0 Å². The summed E-state index contributed by atoms with van der Waals surface area (Å²) in [5.41, 5.74) is 0.721. The number of esters is 1. The van der Waals surface area contributed by atoms with Crippen molar-refractivity contribution in [2.45, 2.75) is 6.92 Å². The molecule has 0 fully saturated rings. The molecule has 0 aliphatic rings. The average molecular weight is 339 g/mol. The van der Waals surface area contributed by atoms with E-state index in [1.807, 2.05) is 0 Å². The topological polar surface area (TPSA) is 52.6 Å². The summed E-state index contributed by atoms with van der Waals surface area (Å²) in [5, 5.41) is 0.608. The summed E-state index contributed by atoms with van der Waals surface area (Å²) in [6.45, 7) is 1.44. The molecule has 0 bridgehead atoms. The maximum Gasteiger partial charge on any atom is 0.343 e. The highest BCUT2D eigenvalue weighted by atomic mass is 35.5. The molecule has 0 aliphatic heterocycles. The molecule has 22 heavy (non-hydrogen) atoms. The Morgan fingerprint density at radius 3 is 2.18 bits per heavy atom. The molecular weight excluding hydrogens is 327 g/mol. The number of carbonyl (C=O) groups is 2. The van der Waals surface area contributed by atoms with Crippen molar-refractivity contribution in [3.63, 3.8) is 0 Å². The summed E-state index contributed by atoms with van der Waals surface area (Å²) in [7, 11) is 1.43. The van der Waals surface area contributed by atoms with Crippen LogP contribution in [0.1, 0.15) is 27.6 Å². The largest absolute Gasteiger partial charge is 0.493 e. The lowest BCUT2D eigenvalue weighted by Gasteiger charge is -2.10. The first-order chi connectivity index (χ1) is 10.4. The van der Waals surface area contributed by atoms with Gasteiger partial charge in [0, 0.05) is 5.56 Å². The highest BCUT2D eigenvalue weighted by Gasteiger charge is 2.15. The second-order valence-electron chi connectivity index (χ2n) is 4.44. The normalized spacial score (nSPS) is 10.2. The minimum atomic E-state index is -0.604. The van der Waals surface area contributed by atoms with E-state index in [0.29, 0.717) is 16.3 Å². The van der Waals surface area contributed by atoms with Gasteiger partial charge in [-0.15, -0.1) is 0 Å². The summed E-state index contributed by atoms with van der Waals surface area (Å²) in [6, 6.07) is 9.01. The van der Waals surface area contributed by atoms with E-state index < -0.39 is 5.97 Å². The van der Waals surface area contributed by atoms with Gasteiger partial charge in [-0.05, 0) is 43.3 Å². The van der Waals surface area contributed by atoms with Gasteiger partial charge in [0.05, 0.1) is 22.7 Å². The Bertz CT molecular complexity index is 741. The SMILES string of the molecule is COc1cc(C(C)=O)ccc1OC(=O)c1ccc(Cl)c(Cl)c1. The van der Waals surface area contributed by atoms with Crippen LogP contribution in [0.2, 0.25) is 10.0 Å². The monoisotopic (exact) mass is 338 g/mol. The van der Waals surface area contributed by atoms with E-state index in [0.717, 1.165) is 0 Å². The maximum absolute atomic E-state index is 12.1. The zero-order chi connectivity index (χ0) is 16.3. The Hall–Kier alpha value is -2.04. The molecule has 114 valence electrons. The van der Waals surface area contributed by atoms with Gasteiger partial charge in [0.1, 0.15) is 0 Å². The molecule has 0 heterocycles. The molecule has 0 N–H and O–H groups in total. The van der Waals surface area contributed by atoms with E-state index in [9.17, 15) is 9.59 Å². The molecule has 2 rings (SSSR count). The number of carbonyl (C=O) groups excluding carboxylic acids is 2. The van der Waals surface area contributed by atoms with Gasteiger partial charge in [-0.2, -0.15) is 0 Å². The summed E-state index contributed by atoms with van der Waals surface area (Å²) in [4.78, 5) is 23.5. The van der Waals surface area contributed by atoms with E-state index in [4.69, 9.17) is 32.7 Å². The Morgan fingerprint density at radius 1 is 0.909 bits per heavy atom. The first-order valence-corrected chi connectivity index (χ1v) is 7.04. The summed E-state index contributed by atoms with van der Waals surface area (Å²) in [6.07, 6.45) is 0. The molecular formula is C16H12Cl2O4. The van der Waals surface area contributed by atoms with Crippen LogP contribution < -0.4 is 9.47 Å². The number of ether oxygens (including phenoxy) is 2. The standard InChI is InChI=1S/C16H12Cl2O4/c1-9(19)10-4-6-14(15(8-10)21-2)22-16(20)11-3-5-12(17)13(18)7-11/h3-8H,1-2H3. The molecule has 0 saturated carbocycles. The van der Waals surface area contributed by atoms with Crippen molar-refractivity contribution in [2.75, 3.05) is 7.11 Å². The van der Waals surface area contributed by atoms with Crippen LogP contribution in [0.15, 0.2) is 36.4 Å². The predicted octanol–water partition coefficient (Wildman–Crippen LogP) is 4.42. The van der Waals surface area contributed by atoms with Gasteiger partial charge < -0.3 is 9.47 Å². The summed E-state index contributed by atoms with van der Waals surface area (Å²) >= 11 is 11.7. The third-order valence-corrected chi connectivity index (χ3v) is 3.67. The smallest absolute Gasteiger partial charge is 0.343 e. The van der Waals surface area contributed by atoms with Crippen LogP contribution in [0.25, 0.3) is 0 Å². The molecule has 6 heteroatoms. The van der Waals surface area contributed by atoms with E-state index in [1.54, 1.807) is 6.07 Å². The van der Waals surface area contributed by atoms with Crippen LogP contribution in [0.5, 0.6) is 11.5 Å². The summed E-state index contributed by atoms with van der Waals surface area (Å²) < 4.78 is 10.4. The highest BCUT2D eigenvalue weighted by molar-refractivity contribution is 6.42. The number of methoxy groups -OCH3 is 1. The third kappa shape index (κ3) is 3.59. The molecule has 0 amide bonds. The predicted molar refractivity (Wildman–Crippen MR) is 84.4 cm³/mol. The number of hydrogen-bond donors (Lipinski definition) is 0. The number of halogens is 2. The van der Waals surface area contributed by atoms with Crippen LogP contribution in [0.3, 0.4) is 0 Å². The van der Waals surface area contributed by atoms with E-state index in [-0.39, 0.29) is 22.1 Å². The number of Topliss-reactive ketones (excluding diaryl/α,β-unsaturated/α-hetero) is 1. The van der Waals surface area contributed by atoms with Crippen molar-refractivity contribution in [1.29, 1.82) is 0 Å². The third-order valence-electron chi connectivity index (χ3n) is 2.93. The van der Waals surface area contributed by atoms with Gasteiger partial charge in [-0.25, -0.2) is 4.79 Å². The minimum Gasteiger partial charge on any atom is -0.493 e. The van der Waals surface area contributed by atoms with E-state index >= 15 is 0 Å². The minimum absolute atomic E-state index is 0.111. The van der Waals surface area contributed by atoms with Crippen LogP contribution in [-0.2, 0) is 0 Å². The van der Waals surface area contributed by atoms with Gasteiger partial charge in [0.15, 0.2) is 17.3 Å². The second kappa shape index (κ2) is 6.81. The Kier molecular flexibility index (Phi) is 5.06. The lowest BCUT2D eigenvalue weighted by molar-refractivity contribution is 0.0729. The van der Waals surface area contributed by atoms with Crippen LogP contribution >= 0.6 is 23.2 Å². The molecule has 0 unspecified atom stereocenters. The van der Waals surface area contributed by atoms with Gasteiger partial charge in [-0.1, -0.05) is 23.2 Å². The molecule has 0 radical (unpaired) electrons. The molecule has 2 aromatic rings. The zero-order valence-electron chi connectivity index (χ0n) is 11.9. The van der Waals surface area contributed by atoms with Gasteiger partial charge in [-0.3, -0.25) is 4.79 Å². The number of benzene rings is 2.